The second-order valence-corrected chi connectivity index (χ2v) is 7.15. The third-order valence-electron chi connectivity index (χ3n) is 2.68. The molecule has 2 aromatic rings. The van der Waals surface area contributed by atoms with Crippen molar-refractivity contribution in [1.29, 1.82) is 0 Å². The van der Waals surface area contributed by atoms with Crippen molar-refractivity contribution in [2.75, 3.05) is 10.5 Å². The fourth-order valence-corrected chi connectivity index (χ4v) is 3.74. The molecule has 0 bridgehead atoms. The molecule has 0 unspecified atom stereocenters. The van der Waals surface area contributed by atoms with E-state index in [0.717, 1.165) is 23.1 Å². The number of hydrogen-bond acceptors (Lipinski definition) is 5. The number of halogens is 2. The van der Waals surface area contributed by atoms with E-state index >= 15 is 0 Å². The van der Waals surface area contributed by atoms with Gasteiger partial charge >= 0.3 is 0 Å². The van der Waals surface area contributed by atoms with Crippen LogP contribution in [0.2, 0.25) is 0 Å². The van der Waals surface area contributed by atoms with E-state index < -0.39 is 32.2 Å². The normalized spacial score (nSPS) is 11.9. The highest BCUT2D eigenvalue weighted by atomic mass is 32.2. The highest BCUT2D eigenvalue weighted by Crippen LogP contribution is 2.26. The Kier molecular flexibility index (Phi) is 4.15. The minimum absolute atomic E-state index is 0.112. The fraction of sp³-hybridized carbons (Fsp3) is 0.250. The molecule has 0 saturated carbocycles. The highest BCUT2D eigenvalue weighted by Gasteiger charge is 2.22. The van der Waals surface area contributed by atoms with Gasteiger partial charge < -0.3 is 5.73 Å². The van der Waals surface area contributed by atoms with Crippen LogP contribution in [0, 0.1) is 11.6 Å². The number of thiazole rings is 1. The predicted molar refractivity (Wildman–Crippen MR) is 77.8 cm³/mol. The number of nitrogens with one attached hydrogen (secondary N) is 1. The first-order valence-electron chi connectivity index (χ1n) is 5.93. The lowest BCUT2D eigenvalue weighted by Crippen LogP contribution is -2.15. The van der Waals surface area contributed by atoms with Gasteiger partial charge in [0, 0.05) is 11.4 Å². The van der Waals surface area contributed by atoms with E-state index in [2.05, 4.69) is 9.71 Å². The van der Waals surface area contributed by atoms with Gasteiger partial charge in [0.05, 0.1) is 11.4 Å². The van der Waals surface area contributed by atoms with Gasteiger partial charge in [-0.2, -0.15) is 0 Å². The third-order valence-corrected chi connectivity index (χ3v) is 4.93. The van der Waals surface area contributed by atoms with Crippen molar-refractivity contribution in [1.82, 2.24) is 4.98 Å². The lowest BCUT2D eigenvalue weighted by atomic mass is 10.2. The molecule has 0 amide bonds. The average molecular weight is 333 g/mol. The lowest BCUT2D eigenvalue weighted by molar-refractivity contribution is 0.553. The number of nitrogens with two attached hydrogens (primary N) is 1. The van der Waals surface area contributed by atoms with Crippen LogP contribution in [-0.2, 0) is 10.0 Å². The lowest BCUT2D eigenvalue weighted by Gasteiger charge is -2.08. The minimum Gasteiger partial charge on any atom is -0.396 e. The molecule has 0 radical (unpaired) electrons. The second-order valence-electron chi connectivity index (χ2n) is 4.64. The van der Waals surface area contributed by atoms with E-state index in [9.17, 15) is 17.2 Å². The van der Waals surface area contributed by atoms with Crippen molar-refractivity contribution >= 4 is 32.2 Å². The smallest absolute Gasteiger partial charge is 0.266 e. The van der Waals surface area contributed by atoms with E-state index in [4.69, 9.17) is 5.73 Å². The van der Waals surface area contributed by atoms with Crippen molar-refractivity contribution in [2.45, 2.75) is 24.7 Å². The molecule has 3 N–H and O–H groups in total. The molecule has 1 heterocycles. The molecule has 1 aromatic heterocycles. The number of nitrogens with zero attached hydrogens (tertiary/aromatic N) is 1. The number of aromatic nitrogens is 1. The molecule has 5 nitrogen and oxygen atoms in total. The largest absolute Gasteiger partial charge is 0.396 e. The molecule has 0 aliphatic heterocycles. The summed E-state index contributed by atoms with van der Waals surface area (Å²) in [7, 11) is -4.22. The summed E-state index contributed by atoms with van der Waals surface area (Å²) in [6, 6.07) is 1.18. The zero-order chi connectivity index (χ0) is 15.8. The average Bonchev–Trinajstić information content (AvgIpc) is 2.81. The van der Waals surface area contributed by atoms with Crippen LogP contribution in [-0.4, -0.2) is 13.4 Å². The standard InChI is InChI=1S/C12H13F2N3O2S2/c1-6(2)10-5-20-12(16-10)17-21(18,19)11-4-9(15)7(13)3-8(11)14/h3-6H,15H2,1-2H3,(H,16,17). The molecule has 0 atom stereocenters. The third kappa shape index (κ3) is 3.30. The first-order chi connectivity index (χ1) is 9.70. The molecular formula is C12H13F2N3O2S2. The number of benzene rings is 1. The first kappa shape index (κ1) is 15.6. The Morgan fingerprint density at radius 2 is 1.95 bits per heavy atom. The Bertz CT molecular complexity index is 773. The molecule has 114 valence electrons. The summed E-state index contributed by atoms with van der Waals surface area (Å²) < 4.78 is 53.1. The van der Waals surface area contributed by atoms with Crippen LogP contribution in [0.5, 0.6) is 0 Å². The second kappa shape index (κ2) is 5.57. The number of hydrogen-bond donors (Lipinski definition) is 2. The number of nitrogen functional groups attached to an aromatic ring is 1. The van der Waals surface area contributed by atoms with Crippen LogP contribution < -0.4 is 10.5 Å². The van der Waals surface area contributed by atoms with Gasteiger partial charge in [0.2, 0.25) is 0 Å². The molecule has 21 heavy (non-hydrogen) atoms. The van der Waals surface area contributed by atoms with Gasteiger partial charge in [-0.05, 0) is 12.0 Å². The summed E-state index contributed by atoms with van der Waals surface area (Å²) in [5, 5.41) is 1.82. The summed E-state index contributed by atoms with van der Waals surface area (Å²) in [5.74, 6) is -2.09. The molecular weight excluding hydrogens is 320 g/mol. The fourth-order valence-electron chi connectivity index (χ4n) is 1.52. The van der Waals surface area contributed by atoms with Crippen LogP contribution in [0.1, 0.15) is 25.5 Å². The predicted octanol–water partition coefficient (Wildman–Crippen LogP) is 2.93. The number of anilines is 2. The summed E-state index contributed by atoms with van der Waals surface area (Å²) in [6.45, 7) is 3.82. The number of sulfonamides is 1. The van der Waals surface area contributed by atoms with E-state index in [-0.39, 0.29) is 11.0 Å². The van der Waals surface area contributed by atoms with Gasteiger partial charge in [-0.25, -0.2) is 22.2 Å². The molecule has 0 fully saturated rings. The molecule has 0 aliphatic rings. The van der Waals surface area contributed by atoms with Crippen LogP contribution >= 0.6 is 11.3 Å². The zero-order valence-corrected chi connectivity index (χ0v) is 12.9. The van der Waals surface area contributed by atoms with Crippen molar-refractivity contribution in [3.05, 3.63) is 34.8 Å². The van der Waals surface area contributed by atoms with Gasteiger partial charge in [0.15, 0.2) is 5.13 Å². The van der Waals surface area contributed by atoms with Crippen molar-refractivity contribution < 1.29 is 17.2 Å². The van der Waals surface area contributed by atoms with E-state index in [1.165, 1.54) is 0 Å². The Morgan fingerprint density at radius 3 is 2.52 bits per heavy atom. The van der Waals surface area contributed by atoms with Gasteiger partial charge in [-0.15, -0.1) is 11.3 Å². The summed E-state index contributed by atoms with van der Waals surface area (Å²) >= 11 is 1.08. The quantitative estimate of drug-likeness (QED) is 0.843. The Labute approximate surface area is 124 Å². The maximum Gasteiger partial charge on any atom is 0.266 e. The summed E-state index contributed by atoms with van der Waals surface area (Å²) in [6.07, 6.45) is 0. The Balaban J connectivity index is 2.36. The Morgan fingerprint density at radius 1 is 1.29 bits per heavy atom. The molecule has 2 rings (SSSR count). The van der Waals surface area contributed by atoms with Crippen LogP contribution in [0.3, 0.4) is 0 Å². The molecule has 0 saturated heterocycles. The molecule has 1 aromatic carbocycles. The zero-order valence-electron chi connectivity index (χ0n) is 11.2. The van der Waals surface area contributed by atoms with E-state index in [1.807, 2.05) is 13.8 Å². The van der Waals surface area contributed by atoms with Crippen molar-refractivity contribution in [3.8, 4) is 0 Å². The van der Waals surface area contributed by atoms with Crippen LogP contribution in [0.25, 0.3) is 0 Å². The van der Waals surface area contributed by atoms with Gasteiger partial charge in [0.1, 0.15) is 16.5 Å². The van der Waals surface area contributed by atoms with E-state index in [0.29, 0.717) is 6.07 Å². The maximum atomic E-state index is 13.6. The SMILES string of the molecule is CC(C)c1csc(NS(=O)(=O)c2cc(N)c(F)cc2F)n1. The summed E-state index contributed by atoms with van der Waals surface area (Å²) in [4.78, 5) is 3.37. The van der Waals surface area contributed by atoms with Gasteiger partial charge in [-0.1, -0.05) is 13.8 Å². The minimum atomic E-state index is -4.22. The maximum absolute atomic E-state index is 13.6. The van der Waals surface area contributed by atoms with E-state index in [1.54, 1.807) is 5.38 Å². The van der Waals surface area contributed by atoms with Crippen LogP contribution in [0.4, 0.5) is 19.6 Å². The first-order valence-corrected chi connectivity index (χ1v) is 8.29. The monoisotopic (exact) mass is 333 g/mol. The molecule has 0 aliphatic carbocycles. The molecule has 0 spiro atoms. The van der Waals surface area contributed by atoms with Crippen LogP contribution in [0.15, 0.2) is 22.4 Å². The highest BCUT2D eigenvalue weighted by molar-refractivity contribution is 7.93. The molecule has 9 heteroatoms. The van der Waals surface area contributed by atoms with Gasteiger partial charge in [-0.3, -0.25) is 4.72 Å². The van der Waals surface area contributed by atoms with Crippen molar-refractivity contribution in [2.24, 2.45) is 0 Å². The Hall–Kier alpha value is -1.74. The summed E-state index contributed by atoms with van der Waals surface area (Å²) in [5.41, 5.74) is 5.55. The topological polar surface area (TPSA) is 85.1 Å². The number of rotatable bonds is 4. The van der Waals surface area contributed by atoms with Gasteiger partial charge in [0.25, 0.3) is 10.0 Å². The van der Waals surface area contributed by atoms with Crippen molar-refractivity contribution in [3.63, 3.8) is 0 Å².